The monoisotopic (exact) mass is 125 g/mol. The molecule has 1 rings (SSSR count). The Morgan fingerprint density at radius 3 is 2.44 bits per heavy atom. The molecule has 1 heteroatoms. The first kappa shape index (κ1) is 6.66. The molecule has 0 N–H and O–H groups in total. The normalized spacial score (nSPS) is 15.7. The first-order chi connectivity index (χ1) is 4.25. The number of nitrogens with zero attached hydrogens (tertiary/aromatic N) is 1. The van der Waals surface area contributed by atoms with Gasteiger partial charge in [-0.15, -0.1) is 0 Å². The van der Waals surface area contributed by atoms with Crippen LogP contribution >= 0.6 is 0 Å². The number of hydrogen-bond acceptors (Lipinski definition) is 1. The van der Waals surface area contributed by atoms with E-state index in [0.29, 0.717) is 0 Å². The highest BCUT2D eigenvalue weighted by Crippen LogP contribution is 2.32. The first-order valence-corrected chi connectivity index (χ1v) is 3.65. The van der Waals surface area contributed by atoms with Crippen LogP contribution in [0.1, 0.15) is 26.7 Å². The van der Waals surface area contributed by atoms with Crippen LogP contribution in [0.2, 0.25) is 0 Å². The number of rotatable bonds is 2. The highest BCUT2D eigenvalue weighted by Gasteiger charge is 2.15. The maximum atomic E-state index is 2.31. The van der Waals surface area contributed by atoms with Crippen LogP contribution in [0, 0.1) is 0 Å². The van der Waals surface area contributed by atoms with E-state index in [1.54, 1.807) is 5.57 Å². The molecule has 9 heavy (non-hydrogen) atoms. The lowest BCUT2D eigenvalue weighted by Crippen LogP contribution is -2.14. The molecule has 0 spiro atoms. The summed E-state index contributed by atoms with van der Waals surface area (Å²) in [5.74, 6) is 0. The third kappa shape index (κ3) is 1.47. The molecule has 1 fully saturated rings. The maximum Gasteiger partial charge on any atom is 0.0143 e. The van der Waals surface area contributed by atoms with Gasteiger partial charge in [-0.25, -0.2) is 0 Å². The van der Waals surface area contributed by atoms with Gasteiger partial charge in [-0.05, 0) is 26.7 Å². The van der Waals surface area contributed by atoms with E-state index in [2.05, 4.69) is 25.8 Å². The molecule has 0 unspecified atom stereocenters. The van der Waals surface area contributed by atoms with E-state index in [1.807, 2.05) is 0 Å². The molecular formula is C8H15N. The van der Waals surface area contributed by atoms with Crippen LogP contribution in [0.4, 0.5) is 0 Å². The minimum Gasteiger partial charge on any atom is -0.378 e. The zero-order valence-electron chi connectivity index (χ0n) is 6.57. The Hall–Kier alpha value is -0.460. The first-order valence-electron chi connectivity index (χ1n) is 3.65. The van der Waals surface area contributed by atoms with Gasteiger partial charge in [0.25, 0.3) is 0 Å². The molecule has 52 valence electrons. The number of hydrogen-bond donors (Lipinski definition) is 0. The van der Waals surface area contributed by atoms with Gasteiger partial charge in [0.2, 0.25) is 0 Å². The Morgan fingerprint density at radius 2 is 2.11 bits per heavy atom. The lowest BCUT2D eigenvalue weighted by Gasteiger charge is -2.16. The van der Waals surface area contributed by atoms with Crippen molar-refractivity contribution in [3.63, 3.8) is 0 Å². The van der Waals surface area contributed by atoms with Gasteiger partial charge in [0.05, 0.1) is 0 Å². The summed E-state index contributed by atoms with van der Waals surface area (Å²) < 4.78 is 0. The average molecular weight is 125 g/mol. The summed E-state index contributed by atoms with van der Waals surface area (Å²) in [5.41, 5.74) is 3.15. The molecule has 0 aromatic heterocycles. The average Bonchev–Trinajstić information content (AvgIpc) is 2.66. The van der Waals surface area contributed by atoms with Crippen LogP contribution in [-0.4, -0.2) is 18.5 Å². The van der Waals surface area contributed by atoms with E-state index in [-0.39, 0.29) is 0 Å². The predicted octanol–water partition coefficient (Wildman–Crippen LogP) is 2.01. The fourth-order valence-corrected chi connectivity index (χ4v) is 0.931. The Balaban J connectivity index is 2.50. The van der Waals surface area contributed by atoms with Crippen molar-refractivity contribution in [3.8, 4) is 0 Å². The molecule has 0 heterocycles. The van der Waals surface area contributed by atoms with Gasteiger partial charge < -0.3 is 4.90 Å². The molecule has 1 aliphatic rings. The molecule has 0 saturated heterocycles. The van der Waals surface area contributed by atoms with Gasteiger partial charge in [-0.1, -0.05) is 5.57 Å². The topological polar surface area (TPSA) is 3.24 Å². The maximum absolute atomic E-state index is 2.31. The molecule has 0 amide bonds. The molecule has 0 aromatic carbocycles. The van der Waals surface area contributed by atoms with E-state index in [9.17, 15) is 0 Å². The number of allylic oxidation sites excluding steroid dienone is 2. The second kappa shape index (κ2) is 2.42. The molecule has 0 atom stereocenters. The fraction of sp³-hybridized carbons (Fsp3) is 0.750. The molecule has 0 aromatic rings. The Kier molecular flexibility index (Phi) is 1.79. The third-order valence-corrected chi connectivity index (χ3v) is 2.06. The highest BCUT2D eigenvalue weighted by atomic mass is 15.1. The van der Waals surface area contributed by atoms with Crippen LogP contribution in [0.3, 0.4) is 0 Å². The van der Waals surface area contributed by atoms with Crippen LogP contribution in [0.25, 0.3) is 0 Å². The van der Waals surface area contributed by atoms with Crippen molar-refractivity contribution in [1.29, 1.82) is 0 Å². The lowest BCUT2D eigenvalue weighted by molar-refractivity contribution is 0.441. The Labute approximate surface area is 57.4 Å². The van der Waals surface area contributed by atoms with Crippen molar-refractivity contribution in [1.82, 2.24) is 4.90 Å². The van der Waals surface area contributed by atoms with Crippen LogP contribution in [0.5, 0.6) is 0 Å². The SMILES string of the molecule is CCN(C)C(C)=C1CC1. The van der Waals surface area contributed by atoms with Gasteiger partial charge in [0.15, 0.2) is 0 Å². The summed E-state index contributed by atoms with van der Waals surface area (Å²) >= 11 is 0. The fourth-order valence-electron chi connectivity index (χ4n) is 0.931. The largest absolute Gasteiger partial charge is 0.378 e. The summed E-state index contributed by atoms with van der Waals surface area (Å²) in [4.78, 5) is 2.31. The van der Waals surface area contributed by atoms with Crippen LogP contribution in [0.15, 0.2) is 11.3 Å². The second-order valence-electron chi connectivity index (χ2n) is 2.70. The summed E-state index contributed by atoms with van der Waals surface area (Å²) in [7, 11) is 2.15. The smallest absolute Gasteiger partial charge is 0.0143 e. The molecule has 1 aliphatic carbocycles. The summed E-state index contributed by atoms with van der Waals surface area (Å²) in [6.07, 6.45) is 2.69. The molecule has 0 bridgehead atoms. The van der Waals surface area contributed by atoms with Crippen LogP contribution < -0.4 is 0 Å². The predicted molar refractivity (Wildman–Crippen MR) is 40.2 cm³/mol. The molecule has 0 aliphatic heterocycles. The summed E-state index contributed by atoms with van der Waals surface area (Å²) in [6.45, 7) is 5.54. The second-order valence-corrected chi connectivity index (χ2v) is 2.70. The summed E-state index contributed by atoms with van der Waals surface area (Å²) in [6, 6.07) is 0. The Bertz CT molecular complexity index is 130. The zero-order chi connectivity index (χ0) is 6.85. The van der Waals surface area contributed by atoms with E-state index >= 15 is 0 Å². The molecule has 0 radical (unpaired) electrons. The standard InChI is InChI=1S/C8H15N/c1-4-9(3)7(2)8-5-6-8/h4-6H2,1-3H3. The van der Waals surface area contributed by atoms with Crippen LogP contribution in [-0.2, 0) is 0 Å². The van der Waals surface area contributed by atoms with E-state index in [1.165, 1.54) is 18.5 Å². The minimum absolute atomic E-state index is 1.13. The van der Waals surface area contributed by atoms with Crippen molar-refractivity contribution in [2.75, 3.05) is 13.6 Å². The van der Waals surface area contributed by atoms with E-state index < -0.39 is 0 Å². The zero-order valence-corrected chi connectivity index (χ0v) is 6.57. The van der Waals surface area contributed by atoms with E-state index in [4.69, 9.17) is 0 Å². The van der Waals surface area contributed by atoms with Gasteiger partial charge in [0, 0.05) is 19.3 Å². The quantitative estimate of drug-likeness (QED) is 0.545. The van der Waals surface area contributed by atoms with Crippen molar-refractivity contribution < 1.29 is 0 Å². The van der Waals surface area contributed by atoms with Crippen molar-refractivity contribution in [3.05, 3.63) is 11.3 Å². The Morgan fingerprint density at radius 1 is 1.56 bits per heavy atom. The third-order valence-electron chi connectivity index (χ3n) is 2.06. The van der Waals surface area contributed by atoms with Crippen molar-refractivity contribution >= 4 is 0 Å². The van der Waals surface area contributed by atoms with Gasteiger partial charge in [0.1, 0.15) is 0 Å². The van der Waals surface area contributed by atoms with E-state index in [0.717, 1.165) is 6.54 Å². The molecule has 1 nitrogen and oxygen atoms in total. The lowest BCUT2D eigenvalue weighted by atomic mass is 10.4. The summed E-state index contributed by atoms with van der Waals surface area (Å²) in [5, 5.41) is 0. The minimum atomic E-state index is 1.13. The van der Waals surface area contributed by atoms with Crippen molar-refractivity contribution in [2.24, 2.45) is 0 Å². The van der Waals surface area contributed by atoms with Gasteiger partial charge in [-0.3, -0.25) is 0 Å². The molecule has 1 saturated carbocycles. The van der Waals surface area contributed by atoms with Gasteiger partial charge in [-0.2, -0.15) is 0 Å². The highest BCUT2D eigenvalue weighted by molar-refractivity contribution is 5.22. The van der Waals surface area contributed by atoms with Gasteiger partial charge >= 0.3 is 0 Å². The van der Waals surface area contributed by atoms with Crippen molar-refractivity contribution in [2.45, 2.75) is 26.7 Å². The molecular weight excluding hydrogens is 110 g/mol.